The summed E-state index contributed by atoms with van der Waals surface area (Å²) in [6.07, 6.45) is 5.60. The van der Waals surface area contributed by atoms with Gasteiger partial charge < -0.3 is 14.6 Å². The lowest BCUT2D eigenvalue weighted by Crippen LogP contribution is -2.18. The van der Waals surface area contributed by atoms with Gasteiger partial charge in [-0.05, 0) is 23.5 Å². The van der Waals surface area contributed by atoms with Crippen LogP contribution >= 0.6 is 0 Å². The number of nitrogens with one attached hydrogen (secondary N) is 1. The van der Waals surface area contributed by atoms with Gasteiger partial charge in [0.25, 0.3) is 0 Å². The molecule has 17 heavy (non-hydrogen) atoms. The van der Waals surface area contributed by atoms with Crippen LogP contribution in [-0.4, -0.2) is 24.8 Å². The molecule has 0 bridgehead atoms. The summed E-state index contributed by atoms with van der Waals surface area (Å²) in [6, 6.07) is 2.18. The average Bonchev–Trinajstić information content (AvgIpc) is 2.69. The maximum Gasteiger partial charge on any atom is 0.0587 e. The first-order valence-corrected chi connectivity index (χ1v) is 6.35. The Morgan fingerprint density at radius 1 is 1.35 bits per heavy atom. The third-order valence-corrected chi connectivity index (χ3v) is 2.74. The summed E-state index contributed by atoms with van der Waals surface area (Å²) in [5, 5.41) is 3.35. The summed E-state index contributed by atoms with van der Waals surface area (Å²) in [6.45, 7) is 10.5. The van der Waals surface area contributed by atoms with Gasteiger partial charge in [0.1, 0.15) is 0 Å². The van der Waals surface area contributed by atoms with Gasteiger partial charge in [-0.25, -0.2) is 0 Å². The zero-order valence-corrected chi connectivity index (χ0v) is 11.6. The highest BCUT2D eigenvalue weighted by molar-refractivity contribution is 5.09. The van der Waals surface area contributed by atoms with Crippen LogP contribution in [0.3, 0.4) is 0 Å². The Hall–Kier alpha value is -0.800. The minimum absolute atomic E-state index is 0.404. The van der Waals surface area contributed by atoms with E-state index in [1.165, 1.54) is 12.0 Å². The Morgan fingerprint density at radius 3 is 2.76 bits per heavy atom. The highest BCUT2D eigenvalue weighted by atomic mass is 16.5. The van der Waals surface area contributed by atoms with Crippen molar-refractivity contribution in [2.24, 2.45) is 5.41 Å². The van der Waals surface area contributed by atoms with Crippen molar-refractivity contribution in [3.8, 4) is 0 Å². The molecule has 1 rings (SSSR count). The van der Waals surface area contributed by atoms with Crippen molar-refractivity contribution in [2.45, 2.75) is 40.3 Å². The molecular formula is C14H26N2O. The summed E-state index contributed by atoms with van der Waals surface area (Å²) in [7, 11) is 1.73. The zero-order chi connectivity index (χ0) is 12.7. The molecule has 0 unspecified atom stereocenters. The molecule has 1 aromatic rings. The molecule has 0 atom stereocenters. The summed E-state index contributed by atoms with van der Waals surface area (Å²) < 4.78 is 7.27. The quantitative estimate of drug-likeness (QED) is 0.739. The first-order chi connectivity index (χ1) is 8.01. The number of hydrogen-bond donors (Lipinski definition) is 1. The Balaban J connectivity index is 2.28. The molecule has 0 radical (unpaired) electrons. The lowest BCUT2D eigenvalue weighted by Gasteiger charge is -2.18. The number of methoxy groups -OCH3 is 1. The van der Waals surface area contributed by atoms with Gasteiger partial charge in [-0.2, -0.15) is 0 Å². The van der Waals surface area contributed by atoms with Crippen LogP contribution in [0.2, 0.25) is 0 Å². The van der Waals surface area contributed by atoms with Crippen LogP contribution in [0.25, 0.3) is 0 Å². The zero-order valence-electron chi connectivity index (χ0n) is 11.6. The second-order valence-corrected chi connectivity index (χ2v) is 5.74. The molecule has 3 nitrogen and oxygen atoms in total. The van der Waals surface area contributed by atoms with Crippen LogP contribution in [0.1, 0.15) is 32.8 Å². The molecule has 1 heterocycles. The van der Waals surface area contributed by atoms with Crippen LogP contribution in [0.5, 0.6) is 0 Å². The van der Waals surface area contributed by atoms with Gasteiger partial charge >= 0.3 is 0 Å². The number of aromatic nitrogens is 1. The van der Waals surface area contributed by atoms with E-state index in [-0.39, 0.29) is 0 Å². The summed E-state index contributed by atoms with van der Waals surface area (Å²) >= 11 is 0. The van der Waals surface area contributed by atoms with Gasteiger partial charge in [0.05, 0.1) is 6.61 Å². The third kappa shape index (κ3) is 6.49. The maximum atomic E-state index is 4.99. The van der Waals surface area contributed by atoms with Gasteiger partial charge in [0.15, 0.2) is 0 Å². The van der Waals surface area contributed by atoms with E-state index in [0.717, 1.165) is 26.2 Å². The summed E-state index contributed by atoms with van der Waals surface area (Å²) in [4.78, 5) is 0. The molecule has 3 heteroatoms. The summed E-state index contributed by atoms with van der Waals surface area (Å²) in [5.74, 6) is 0. The van der Waals surface area contributed by atoms with Crippen LogP contribution in [-0.2, 0) is 17.8 Å². The van der Waals surface area contributed by atoms with E-state index < -0.39 is 0 Å². The van der Waals surface area contributed by atoms with E-state index in [2.05, 4.69) is 49.1 Å². The molecule has 0 amide bonds. The van der Waals surface area contributed by atoms with E-state index in [4.69, 9.17) is 4.74 Å². The van der Waals surface area contributed by atoms with Gasteiger partial charge in [0, 0.05) is 39.1 Å². The molecule has 0 saturated heterocycles. The first kappa shape index (κ1) is 14.3. The van der Waals surface area contributed by atoms with Crippen molar-refractivity contribution in [2.75, 3.05) is 20.3 Å². The molecule has 0 aliphatic heterocycles. The third-order valence-electron chi connectivity index (χ3n) is 2.74. The average molecular weight is 238 g/mol. The number of rotatable bonds is 7. The second-order valence-electron chi connectivity index (χ2n) is 5.74. The van der Waals surface area contributed by atoms with Crippen LogP contribution < -0.4 is 5.32 Å². The predicted molar refractivity (Wildman–Crippen MR) is 72.1 cm³/mol. The molecule has 0 fully saturated rings. The highest BCUT2D eigenvalue weighted by Gasteiger charge is 2.09. The topological polar surface area (TPSA) is 26.2 Å². The van der Waals surface area contributed by atoms with Crippen molar-refractivity contribution in [3.63, 3.8) is 0 Å². The minimum atomic E-state index is 0.404. The largest absolute Gasteiger partial charge is 0.383 e. The Morgan fingerprint density at radius 2 is 2.12 bits per heavy atom. The van der Waals surface area contributed by atoms with Crippen molar-refractivity contribution in [1.82, 2.24) is 9.88 Å². The van der Waals surface area contributed by atoms with Crippen molar-refractivity contribution >= 4 is 0 Å². The Kier molecular flexibility index (Phi) is 5.72. The van der Waals surface area contributed by atoms with Crippen LogP contribution in [0, 0.1) is 5.41 Å². The molecule has 1 aromatic heterocycles. The SMILES string of the molecule is COCCNCc1ccn(CCC(C)(C)C)c1. The van der Waals surface area contributed by atoms with Gasteiger partial charge in [-0.1, -0.05) is 20.8 Å². The fourth-order valence-electron chi connectivity index (χ4n) is 1.61. The van der Waals surface area contributed by atoms with E-state index in [1.807, 2.05) is 0 Å². The van der Waals surface area contributed by atoms with Crippen molar-refractivity contribution in [3.05, 3.63) is 24.0 Å². The molecular weight excluding hydrogens is 212 g/mol. The molecule has 0 aliphatic rings. The van der Waals surface area contributed by atoms with Gasteiger partial charge in [-0.3, -0.25) is 0 Å². The smallest absolute Gasteiger partial charge is 0.0587 e. The molecule has 98 valence electrons. The minimum Gasteiger partial charge on any atom is -0.383 e. The number of nitrogens with zero attached hydrogens (tertiary/aromatic N) is 1. The van der Waals surface area contributed by atoms with Gasteiger partial charge in [0.2, 0.25) is 0 Å². The van der Waals surface area contributed by atoms with Crippen molar-refractivity contribution < 1.29 is 4.74 Å². The molecule has 0 aromatic carbocycles. The maximum absolute atomic E-state index is 4.99. The van der Waals surface area contributed by atoms with Crippen molar-refractivity contribution in [1.29, 1.82) is 0 Å². The molecule has 1 N–H and O–H groups in total. The molecule has 0 aliphatic carbocycles. The lowest BCUT2D eigenvalue weighted by molar-refractivity contribution is 0.199. The van der Waals surface area contributed by atoms with E-state index in [9.17, 15) is 0 Å². The Bertz CT molecular complexity index is 312. The second kappa shape index (κ2) is 6.82. The van der Waals surface area contributed by atoms with Crippen LogP contribution in [0.15, 0.2) is 18.5 Å². The van der Waals surface area contributed by atoms with E-state index in [0.29, 0.717) is 5.41 Å². The molecule has 0 saturated carbocycles. The Labute approximate surface area is 105 Å². The fourth-order valence-corrected chi connectivity index (χ4v) is 1.61. The monoisotopic (exact) mass is 238 g/mol. The summed E-state index contributed by atoms with van der Waals surface area (Å²) in [5.41, 5.74) is 1.75. The van der Waals surface area contributed by atoms with E-state index in [1.54, 1.807) is 7.11 Å². The predicted octanol–water partition coefficient (Wildman–Crippen LogP) is 2.66. The number of ether oxygens (including phenoxy) is 1. The number of aryl methyl sites for hydroxylation is 1. The standard InChI is InChI=1S/C14H26N2O/c1-14(2,3)6-9-16-8-5-13(12-16)11-15-7-10-17-4/h5,8,12,15H,6-7,9-11H2,1-4H3. The normalized spacial score (nSPS) is 12.0. The van der Waals surface area contributed by atoms with Crippen LogP contribution in [0.4, 0.5) is 0 Å². The number of hydrogen-bond acceptors (Lipinski definition) is 2. The first-order valence-electron chi connectivity index (χ1n) is 6.35. The highest BCUT2D eigenvalue weighted by Crippen LogP contribution is 2.19. The van der Waals surface area contributed by atoms with E-state index >= 15 is 0 Å². The molecule has 0 spiro atoms. The fraction of sp³-hybridized carbons (Fsp3) is 0.714. The van der Waals surface area contributed by atoms with Gasteiger partial charge in [-0.15, -0.1) is 0 Å². The lowest BCUT2D eigenvalue weighted by atomic mass is 9.92.